The molecule has 2 heterocycles. The van der Waals surface area contributed by atoms with E-state index in [1.165, 1.54) is 33.5 Å². The highest BCUT2D eigenvalue weighted by Gasteiger charge is 2.50. The van der Waals surface area contributed by atoms with Crippen LogP contribution in [0.4, 0.5) is 0 Å². The van der Waals surface area contributed by atoms with Crippen LogP contribution in [-0.4, -0.2) is 62.9 Å². The molecular weight excluding hydrogens is 354 g/mol. The molecule has 1 aromatic rings. The van der Waals surface area contributed by atoms with Crippen molar-refractivity contribution >= 4 is 11.9 Å². The molecule has 0 aromatic heterocycles. The first kappa shape index (κ1) is 19.3. The molecule has 27 heavy (non-hydrogen) atoms. The molecule has 1 aromatic carbocycles. The number of hydrogen-bond acceptors (Lipinski definition) is 8. The van der Waals surface area contributed by atoms with Crippen molar-refractivity contribution in [3.05, 3.63) is 17.7 Å². The summed E-state index contributed by atoms with van der Waals surface area (Å²) in [4.78, 5) is 26.9. The second kappa shape index (κ2) is 7.26. The highest BCUT2D eigenvalue weighted by atomic mass is 16.6. The summed E-state index contributed by atoms with van der Waals surface area (Å²) in [6, 6.07) is 3.01. The standard InChI is InChI=1S/C19H25NO7/c1-20-12-5-6-13(20)10-19(9-12,18(22)23)27-17(21)11-7-14(24-2)16(26-4)15(8-11)25-3/h7-8,12-13H,5-6,9-10H2,1-4H3,(H,22,23)/p-1. The molecule has 0 N–H and O–H groups in total. The second-order valence-corrected chi connectivity index (χ2v) is 7.04. The van der Waals surface area contributed by atoms with Crippen LogP contribution in [0.15, 0.2) is 12.1 Å². The first-order valence-electron chi connectivity index (χ1n) is 8.82. The summed E-state index contributed by atoms with van der Waals surface area (Å²) in [6.07, 6.45) is 2.22. The Morgan fingerprint density at radius 3 is 1.96 bits per heavy atom. The van der Waals surface area contributed by atoms with Crippen LogP contribution < -0.4 is 19.3 Å². The summed E-state index contributed by atoms with van der Waals surface area (Å²) in [5.74, 6) is -1.20. The third-order valence-corrected chi connectivity index (χ3v) is 5.68. The minimum atomic E-state index is -1.63. The van der Waals surface area contributed by atoms with Crippen LogP contribution in [-0.2, 0) is 9.53 Å². The summed E-state index contributed by atoms with van der Waals surface area (Å²) in [7, 11) is 6.30. The van der Waals surface area contributed by atoms with E-state index >= 15 is 0 Å². The lowest BCUT2D eigenvalue weighted by atomic mass is 9.86. The van der Waals surface area contributed by atoms with E-state index in [1.807, 2.05) is 7.05 Å². The maximum absolute atomic E-state index is 12.8. The van der Waals surface area contributed by atoms with Gasteiger partial charge in [0.25, 0.3) is 0 Å². The van der Waals surface area contributed by atoms with Crippen molar-refractivity contribution in [1.29, 1.82) is 0 Å². The molecule has 0 radical (unpaired) electrons. The number of carboxylic acids is 1. The van der Waals surface area contributed by atoms with Gasteiger partial charge in [0.2, 0.25) is 5.75 Å². The number of carboxylic acid groups (broad SMARTS) is 1. The van der Waals surface area contributed by atoms with Crippen LogP contribution in [0.25, 0.3) is 0 Å². The SMILES string of the molecule is COc1cc(C(=O)OC2(C(=O)[O-])CC3CCC(C2)N3C)cc(OC)c1OC. The lowest BCUT2D eigenvalue weighted by Gasteiger charge is -2.45. The predicted octanol–water partition coefficient (Wildman–Crippen LogP) is 0.615. The van der Waals surface area contributed by atoms with E-state index in [0.717, 1.165) is 12.8 Å². The van der Waals surface area contributed by atoms with Crippen LogP contribution in [0.5, 0.6) is 17.2 Å². The number of piperidine rings is 1. The van der Waals surface area contributed by atoms with Gasteiger partial charge < -0.3 is 33.7 Å². The zero-order chi connectivity index (χ0) is 19.8. The fraction of sp³-hybridized carbons (Fsp3) is 0.579. The van der Waals surface area contributed by atoms with E-state index in [-0.39, 0.29) is 42.0 Å². The van der Waals surface area contributed by atoms with Gasteiger partial charge in [0.1, 0.15) is 0 Å². The summed E-state index contributed by atoms with van der Waals surface area (Å²) in [5.41, 5.74) is -1.51. The van der Waals surface area contributed by atoms with Crippen LogP contribution in [0.2, 0.25) is 0 Å². The summed E-state index contributed by atoms with van der Waals surface area (Å²) in [6.45, 7) is 0. The lowest BCUT2D eigenvalue weighted by Crippen LogP contribution is -2.59. The Bertz CT molecular complexity index is 709. The average molecular weight is 378 g/mol. The number of esters is 1. The second-order valence-electron chi connectivity index (χ2n) is 7.04. The number of carbonyl (C=O) groups is 2. The molecule has 8 heteroatoms. The fourth-order valence-electron chi connectivity index (χ4n) is 4.15. The van der Waals surface area contributed by atoms with Gasteiger partial charge in [-0.1, -0.05) is 0 Å². The highest BCUT2D eigenvalue weighted by molar-refractivity contribution is 5.93. The normalized spacial score (nSPS) is 27.1. The molecular formula is C19H24NO7-. The molecule has 8 nitrogen and oxygen atoms in total. The zero-order valence-electron chi connectivity index (χ0n) is 15.9. The Morgan fingerprint density at radius 1 is 1.04 bits per heavy atom. The van der Waals surface area contributed by atoms with Gasteiger partial charge in [-0.3, -0.25) is 0 Å². The molecule has 148 valence electrons. The Labute approximate surface area is 157 Å². The van der Waals surface area contributed by atoms with Crippen molar-refractivity contribution in [3.63, 3.8) is 0 Å². The Balaban J connectivity index is 1.90. The number of fused-ring (bicyclic) bond motifs is 2. The molecule has 2 bridgehead atoms. The first-order valence-corrected chi connectivity index (χ1v) is 8.82. The number of benzene rings is 1. The molecule has 3 rings (SSSR count). The highest BCUT2D eigenvalue weighted by Crippen LogP contribution is 2.43. The van der Waals surface area contributed by atoms with E-state index in [0.29, 0.717) is 5.75 Å². The minimum Gasteiger partial charge on any atom is -0.546 e. The Kier molecular flexibility index (Phi) is 5.19. The van der Waals surface area contributed by atoms with Gasteiger partial charge in [-0.2, -0.15) is 0 Å². The number of nitrogens with zero attached hydrogens (tertiary/aromatic N) is 1. The van der Waals surface area contributed by atoms with Crippen LogP contribution in [0, 0.1) is 0 Å². The Hall–Kier alpha value is -2.48. The fourth-order valence-corrected chi connectivity index (χ4v) is 4.15. The minimum absolute atomic E-state index is 0.0642. The summed E-state index contributed by atoms with van der Waals surface area (Å²) < 4.78 is 21.3. The summed E-state index contributed by atoms with van der Waals surface area (Å²) in [5, 5.41) is 11.9. The van der Waals surface area contributed by atoms with Gasteiger partial charge in [-0.05, 0) is 32.0 Å². The monoisotopic (exact) mass is 378 g/mol. The molecule has 2 saturated heterocycles. The van der Waals surface area contributed by atoms with E-state index in [9.17, 15) is 14.7 Å². The molecule has 2 aliphatic rings. The smallest absolute Gasteiger partial charge is 0.339 e. The molecule has 0 aliphatic carbocycles. The predicted molar refractivity (Wildman–Crippen MR) is 93.1 cm³/mol. The van der Waals surface area contributed by atoms with Crippen molar-refractivity contribution < 1.29 is 33.6 Å². The number of ether oxygens (including phenoxy) is 4. The largest absolute Gasteiger partial charge is 0.546 e. The number of aliphatic carboxylic acids is 1. The van der Waals surface area contributed by atoms with Crippen molar-refractivity contribution in [1.82, 2.24) is 4.90 Å². The van der Waals surface area contributed by atoms with Gasteiger partial charge in [0, 0.05) is 24.9 Å². The third kappa shape index (κ3) is 3.29. The van der Waals surface area contributed by atoms with Gasteiger partial charge in [0.15, 0.2) is 17.1 Å². The number of carbonyl (C=O) groups excluding carboxylic acids is 2. The van der Waals surface area contributed by atoms with Gasteiger partial charge >= 0.3 is 5.97 Å². The van der Waals surface area contributed by atoms with Crippen molar-refractivity contribution in [3.8, 4) is 17.2 Å². The maximum Gasteiger partial charge on any atom is 0.339 e. The Morgan fingerprint density at radius 2 is 1.56 bits per heavy atom. The topological polar surface area (TPSA) is 97.4 Å². The maximum atomic E-state index is 12.8. The molecule has 2 aliphatic heterocycles. The third-order valence-electron chi connectivity index (χ3n) is 5.68. The number of rotatable bonds is 6. The number of methoxy groups -OCH3 is 3. The van der Waals surface area contributed by atoms with Gasteiger partial charge in [-0.25, -0.2) is 4.79 Å². The van der Waals surface area contributed by atoms with Crippen LogP contribution >= 0.6 is 0 Å². The van der Waals surface area contributed by atoms with Gasteiger partial charge in [0.05, 0.1) is 32.9 Å². The zero-order valence-corrected chi connectivity index (χ0v) is 15.9. The van der Waals surface area contributed by atoms with E-state index < -0.39 is 17.5 Å². The van der Waals surface area contributed by atoms with E-state index in [4.69, 9.17) is 18.9 Å². The quantitative estimate of drug-likeness (QED) is 0.665. The average Bonchev–Trinajstić information content (AvgIpc) is 2.87. The van der Waals surface area contributed by atoms with Crippen LogP contribution in [0.3, 0.4) is 0 Å². The van der Waals surface area contributed by atoms with Crippen molar-refractivity contribution in [2.75, 3.05) is 28.4 Å². The number of hydrogen-bond donors (Lipinski definition) is 0. The molecule has 0 amide bonds. The summed E-state index contributed by atoms with van der Waals surface area (Å²) >= 11 is 0. The van der Waals surface area contributed by atoms with Crippen LogP contribution in [0.1, 0.15) is 36.0 Å². The van der Waals surface area contributed by atoms with E-state index in [1.54, 1.807) is 0 Å². The molecule has 2 atom stereocenters. The molecule has 0 saturated carbocycles. The lowest BCUT2D eigenvalue weighted by molar-refractivity contribution is -0.327. The first-order chi connectivity index (χ1) is 12.8. The molecule has 2 fully saturated rings. The van der Waals surface area contributed by atoms with E-state index in [2.05, 4.69) is 4.90 Å². The molecule has 0 spiro atoms. The van der Waals surface area contributed by atoms with Gasteiger partial charge in [-0.15, -0.1) is 0 Å². The molecule has 2 unspecified atom stereocenters. The van der Waals surface area contributed by atoms with Crippen molar-refractivity contribution in [2.45, 2.75) is 43.4 Å². The van der Waals surface area contributed by atoms with Crippen molar-refractivity contribution in [2.24, 2.45) is 0 Å².